The van der Waals surface area contributed by atoms with Crippen LogP contribution < -0.4 is 4.74 Å². The van der Waals surface area contributed by atoms with E-state index in [1.807, 2.05) is 0 Å². The van der Waals surface area contributed by atoms with E-state index >= 15 is 0 Å². The zero-order chi connectivity index (χ0) is 17.4. The van der Waals surface area contributed by atoms with Crippen LogP contribution in [0.3, 0.4) is 0 Å². The van der Waals surface area contributed by atoms with Crippen LogP contribution in [-0.2, 0) is 9.59 Å². The van der Waals surface area contributed by atoms with Crippen molar-refractivity contribution in [2.24, 2.45) is 0 Å². The Balaban J connectivity index is 2.39. The first-order valence-corrected chi connectivity index (χ1v) is 7.56. The summed E-state index contributed by atoms with van der Waals surface area (Å²) in [4.78, 5) is 35.3. The third kappa shape index (κ3) is 6.50. The number of hydrogen-bond donors (Lipinski definition) is 1. The fourth-order valence-electron chi connectivity index (χ4n) is 2.05. The predicted molar refractivity (Wildman–Crippen MR) is 85.7 cm³/mol. The van der Waals surface area contributed by atoms with E-state index in [2.05, 4.69) is 0 Å². The lowest BCUT2D eigenvalue weighted by Crippen LogP contribution is -2.40. The number of nitrogens with zero attached hydrogens (tertiary/aromatic N) is 1. The first kappa shape index (κ1) is 18.7. The molecule has 23 heavy (non-hydrogen) atoms. The van der Waals surface area contributed by atoms with Crippen LogP contribution >= 0.6 is 0 Å². The molecule has 0 heterocycles. The Labute approximate surface area is 136 Å². The first-order chi connectivity index (χ1) is 10.8. The molecule has 6 nitrogen and oxygen atoms in total. The third-order valence-electron chi connectivity index (χ3n) is 3.31. The summed E-state index contributed by atoms with van der Waals surface area (Å²) in [6, 6.07) is 6.65. The fraction of sp³-hybridized carbons (Fsp3) is 0.471. The standard InChI is InChI=1S/C17H23NO5/c1-12(2)18(11-17(21)22)16(20)5-4-10-23-15-8-6-14(7-9-15)13(3)19/h6-9,12H,4-5,10-11H2,1-3H3,(H,21,22). The van der Waals surface area contributed by atoms with Gasteiger partial charge >= 0.3 is 5.97 Å². The monoisotopic (exact) mass is 321 g/mol. The molecule has 0 aliphatic rings. The molecule has 0 unspecified atom stereocenters. The Hall–Kier alpha value is -2.37. The summed E-state index contributed by atoms with van der Waals surface area (Å²) in [6.45, 7) is 5.13. The van der Waals surface area contributed by atoms with Crippen molar-refractivity contribution in [3.05, 3.63) is 29.8 Å². The van der Waals surface area contributed by atoms with Crippen LogP contribution in [0.5, 0.6) is 5.75 Å². The lowest BCUT2D eigenvalue weighted by Gasteiger charge is -2.24. The lowest BCUT2D eigenvalue weighted by atomic mass is 10.1. The highest BCUT2D eigenvalue weighted by Gasteiger charge is 2.19. The molecular weight excluding hydrogens is 298 g/mol. The number of ether oxygens (including phenoxy) is 1. The fourth-order valence-corrected chi connectivity index (χ4v) is 2.05. The van der Waals surface area contributed by atoms with E-state index in [9.17, 15) is 14.4 Å². The highest BCUT2D eigenvalue weighted by atomic mass is 16.5. The van der Waals surface area contributed by atoms with Crippen molar-refractivity contribution in [1.29, 1.82) is 0 Å². The Kier molecular flexibility index (Phi) is 7.25. The summed E-state index contributed by atoms with van der Waals surface area (Å²) in [5.41, 5.74) is 0.619. The van der Waals surface area contributed by atoms with E-state index in [4.69, 9.17) is 9.84 Å². The zero-order valence-electron chi connectivity index (χ0n) is 13.7. The van der Waals surface area contributed by atoms with Crippen LogP contribution in [0.4, 0.5) is 0 Å². The second-order valence-corrected chi connectivity index (χ2v) is 5.54. The van der Waals surface area contributed by atoms with Crippen molar-refractivity contribution >= 4 is 17.7 Å². The van der Waals surface area contributed by atoms with Crippen molar-refractivity contribution in [3.8, 4) is 5.75 Å². The number of rotatable bonds is 9. The van der Waals surface area contributed by atoms with E-state index < -0.39 is 5.97 Å². The molecule has 1 aromatic rings. The lowest BCUT2D eigenvalue weighted by molar-refractivity contribution is -0.145. The van der Waals surface area contributed by atoms with Crippen LogP contribution in [0, 0.1) is 0 Å². The van der Waals surface area contributed by atoms with E-state index in [0.717, 1.165) is 0 Å². The molecule has 0 radical (unpaired) electrons. The molecule has 0 saturated heterocycles. The molecule has 0 aliphatic heterocycles. The van der Waals surface area contributed by atoms with Gasteiger partial charge in [-0.2, -0.15) is 0 Å². The highest BCUT2D eigenvalue weighted by molar-refractivity contribution is 5.94. The van der Waals surface area contributed by atoms with Crippen LogP contribution in [-0.4, -0.2) is 46.9 Å². The summed E-state index contributed by atoms with van der Waals surface area (Å²) in [6.07, 6.45) is 0.729. The normalized spacial score (nSPS) is 10.4. The van der Waals surface area contributed by atoms with Crippen LogP contribution in [0.1, 0.15) is 44.0 Å². The molecule has 0 spiro atoms. The number of carboxylic acid groups (broad SMARTS) is 1. The van der Waals surface area contributed by atoms with Gasteiger partial charge in [-0.15, -0.1) is 0 Å². The SMILES string of the molecule is CC(=O)c1ccc(OCCCC(=O)N(CC(=O)O)C(C)C)cc1. The van der Waals surface area contributed by atoms with Crippen molar-refractivity contribution in [2.45, 2.75) is 39.7 Å². The summed E-state index contributed by atoms with van der Waals surface area (Å²) in [7, 11) is 0. The summed E-state index contributed by atoms with van der Waals surface area (Å²) in [5, 5.41) is 8.82. The molecule has 0 saturated carbocycles. The Bertz CT molecular complexity index is 551. The minimum Gasteiger partial charge on any atom is -0.494 e. The molecule has 0 fully saturated rings. The second-order valence-electron chi connectivity index (χ2n) is 5.54. The second kappa shape index (κ2) is 8.92. The Morgan fingerprint density at radius 2 is 1.78 bits per heavy atom. The molecule has 1 amide bonds. The van der Waals surface area contributed by atoms with Crippen molar-refractivity contribution < 1.29 is 24.2 Å². The maximum absolute atomic E-state index is 12.0. The number of carboxylic acids is 1. The predicted octanol–water partition coefficient (Wildman–Crippen LogP) is 2.37. The number of hydrogen-bond acceptors (Lipinski definition) is 4. The summed E-state index contributed by atoms with van der Waals surface area (Å²) < 4.78 is 5.51. The van der Waals surface area contributed by atoms with Gasteiger partial charge in [0.05, 0.1) is 6.61 Å². The average molecular weight is 321 g/mol. The maximum atomic E-state index is 12.0. The van der Waals surface area contributed by atoms with Crippen LogP contribution in [0.2, 0.25) is 0 Å². The van der Waals surface area contributed by atoms with Gasteiger partial charge in [0, 0.05) is 18.0 Å². The number of benzene rings is 1. The largest absolute Gasteiger partial charge is 0.494 e. The smallest absolute Gasteiger partial charge is 0.323 e. The molecule has 1 aromatic carbocycles. The highest BCUT2D eigenvalue weighted by Crippen LogP contribution is 2.13. The van der Waals surface area contributed by atoms with Gasteiger partial charge < -0.3 is 14.7 Å². The van der Waals surface area contributed by atoms with E-state index in [1.54, 1.807) is 38.1 Å². The molecule has 126 valence electrons. The van der Waals surface area contributed by atoms with Crippen molar-refractivity contribution in [1.82, 2.24) is 4.90 Å². The molecule has 6 heteroatoms. The quantitative estimate of drug-likeness (QED) is 0.557. The van der Waals surface area contributed by atoms with Gasteiger partial charge in [-0.1, -0.05) is 0 Å². The van der Waals surface area contributed by atoms with E-state index in [0.29, 0.717) is 24.3 Å². The zero-order valence-corrected chi connectivity index (χ0v) is 13.7. The van der Waals surface area contributed by atoms with Crippen molar-refractivity contribution in [2.75, 3.05) is 13.2 Å². The third-order valence-corrected chi connectivity index (χ3v) is 3.31. The topological polar surface area (TPSA) is 83.9 Å². The van der Waals surface area contributed by atoms with Crippen molar-refractivity contribution in [3.63, 3.8) is 0 Å². The van der Waals surface area contributed by atoms with Gasteiger partial charge in [-0.3, -0.25) is 14.4 Å². The number of carbonyl (C=O) groups is 3. The van der Waals surface area contributed by atoms with Crippen LogP contribution in [0.15, 0.2) is 24.3 Å². The molecule has 0 atom stereocenters. The van der Waals surface area contributed by atoms with Gasteiger partial charge in [0.1, 0.15) is 12.3 Å². The maximum Gasteiger partial charge on any atom is 0.323 e. The minimum atomic E-state index is -1.02. The van der Waals surface area contributed by atoms with Gasteiger partial charge in [0.25, 0.3) is 0 Å². The Morgan fingerprint density at radius 3 is 2.26 bits per heavy atom. The number of Topliss-reactive ketones (excluding diaryl/α,β-unsaturated/α-hetero) is 1. The molecular formula is C17H23NO5. The molecule has 0 aromatic heterocycles. The van der Waals surface area contributed by atoms with Gasteiger partial charge in [-0.25, -0.2) is 0 Å². The number of aliphatic carboxylic acids is 1. The molecule has 0 aliphatic carbocycles. The van der Waals surface area contributed by atoms with E-state index in [1.165, 1.54) is 11.8 Å². The molecule has 1 rings (SSSR count). The summed E-state index contributed by atoms with van der Waals surface area (Å²) in [5.74, 6) is -0.588. The average Bonchev–Trinajstić information content (AvgIpc) is 2.49. The Morgan fingerprint density at radius 1 is 1.17 bits per heavy atom. The molecule has 1 N–H and O–H groups in total. The number of ketones is 1. The van der Waals surface area contributed by atoms with Gasteiger partial charge in [0.2, 0.25) is 5.91 Å². The minimum absolute atomic E-state index is 0.00523. The van der Waals surface area contributed by atoms with Gasteiger partial charge in [-0.05, 0) is 51.5 Å². The summed E-state index contributed by atoms with van der Waals surface area (Å²) >= 11 is 0. The molecule has 0 bridgehead atoms. The first-order valence-electron chi connectivity index (χ1n) is 7.56. The van der Waals surface area contributed by atoms with E-state index in [-0.39, 0.29) is 30.7 Å². The van der Waals surface area contributed by atoms with Crippen LogP contribution in [0.25, 0.3) is 0 Å². The number of carbonyl (C=O) groups excluding carboxylic acids is 2. The number of amides is 1. The van der Waals surface area contributed by atoms with Gasteiger partial charge in [0.15, 0.2) is 5.78 Å².